The Labute approximate surface area is 175 Å². The van der Waals surface area contributed by atoms with Gasteiger partial charge in [-0.05, 0) is 55.0 Å². The van der Waals surface area contributed by atoms with Crippen LogP contribution in [0.3, 0.4) is 0 Å². The highest BCUT2D eigenvalue weighted by Gasteiger charge is 2.20. The van der Waals surface area contributed by atoms with Gasteiger partial charge < -0.3 is 19.5 Å². The van der Waals surface area contributed by atoms with Crippen LogP contribution in [0.2, 0.25) is 0 Å². The van der Waals surface area contributed by atoms with Crippen LogP contribution in [0.25, 0.3) is 10.8 Å². The minimum Gasteiger partial charge on any atom is -0.496 e. The first-order valence-electron chi connectivity index (χ1n) is 9.77. The quantitative estimate of drug-likeness (QED) is 0.554. The molecule has 3 aromatic carbocycles. The Kier molecular flexibility index (Phi) is 7.03. The molecule has 0 aliphatic rings. The molecular formula is C24H25NO5. The summed E-state index contributed by atoms with van der Waals surface area (Å²) < 4.78 is 16.1. The molecule has 0 aromatic heterocycles. The molecule has 0 unspecified atom stereocenters. The summed E-state index contributed by atoms with van der Waals surface area (Å²) in [5.74, 6) is -0.361. The highest BCUT2D eigenvalue weighted by Crippen LogP contribution is 2.22. The summed E-state index contributed by atoms with van der Waals surface area (Å²) in [7, 11) is 1.56. The zero-order valence-corrected chi connectivity index (χ0v) is 17.3. The van der Waals surface area contributed by atoms with Crippen LogP contribution in [-0.2, 0) is 20.9 Å². The SMILES string of the molecule is CCOCc1cc(C(=O)O[C@H](C)C(=O)Nc2ccc3ccccc3c2)ccc1OC. The van der Waals surface area contributed by atoms with Gasteiger partial charge in [0.1, 0.15) is 5.75 Å². The molecular weight excluding hydrogens is 382 g/mol. The molecule has 156 valence electrons. The van der Waals surface area contributed by atoms with Gasteiger partial charge >= 0.3 is 5.97 Å². The molecule has 0 aliphatic carbocycles. The van der Waals surface area contributed by atoms with Gasteiger partial charge in [-0.25, -0.2) is 4.79 Å². The van der Waals surface area contributed by atoms with Crippen molar-refractivity contribution in [3.8, 4) is 5.75 Å². The largest absolute Gasteiger partial charge is 0.496 e. The summed E-state index contributed by atoms with van der Waals surface area (Å²) in [6, 6.07) is 18.4. The van der Waals surface area contributed by atoms with E-state index in [1.54, 1.807) is 32.2 Å². The highest BCUT2D eigenvalue weighted by atomic mass is 16.5. The first-order chi connectivity index (χ1) is 14.5. The van der Waals surface area contributed by atoms with Crippen LogP contribution in [0.4, 0.5) is 5.69 Å². The van der Waals surface area contributed by atoms with Crippen LogP contribution in [0.5, 0.6) is 5.75 Å². The summed E-state index contributed by atoms with van der Waals surface area (Å²) in [6.45, 7) is 4.29. The third-order valence-electron chi connectivity index (χ3n) is 4.65. The summed E-state index contributed by atoms with van der Waals surface area (Å²) >= 11 is 0. The van der Waals surface area contributed by atoms with Gasteiger partial charge in [-0.2, -0.15) is 0 Å². The highest BCUT2D eigenvalue weighted by molar-refractivity contribution is 5.99. The summed E-state index contributed by atoms with van der Waals surface area (Å²) in [6.07, 6.45) is -0.957. The number of nitrogens with one attached hydrogen (secondary N) is 1. The van der Waals surface area contributed by atoms with Crippen LogP contribution in [0.1, 0.15) is 29.8 Å². The molecule has 0 saturated heterocycles. The third-order valence-corrected chi connectivity index (χ3v) is 4.65. The topological polar surface area (TPSA) is 73.9 Å². The zero-order chi connectivity index (χ0) is 21.5. The number of fused-ring (bicyclic) bond motifs is 1. The third kappa shape index (κ3) is 5.15. The van der Waals surface area contributed by atoms with E-state index in [1.165, 1.54) is 0 Å². The van der Waals surface area contributed by atoms with Gasteiger partial charge in [0, 0.05) is 17.9 Å². The Morgan fingerprint density at radius 3 is 2.50 bits per heavy atom. The van der Waals surface area contributed by atoms with Crippen molar-refractivity contribution in [2.24, 2.45) is 0 Å². The van der Waals surface area contributed by atoms with Gasteiger partial charge in [0.25, 0.3) is 5.91 Å². The van der Waals surface area contributed by atoms with Crippen molar-refractivity contribution in [3.05, 3.63) is 71.8 Å². The molecule has 0 aliphatic heterocycles. The monoisotopic (exact) mass is 407 g/mol. The van der Waals surface area contributed by atoms with E-state index in [-0.39, 0.29) is 0 Å². The lowest BCUT2D eigenvalue weighted by molar-refractivity contribution is -0.123. The molecule has 0 fully saturated rings. The molecule has 0 bridgehead atoms. The van der Waals surface area contributed by atoms with Crippen LogP contribution in [0.15, 0.2) is 60.7 Å². The molecule has 6 heteroatoms. The molecule has 0 spiro atoms. The first kappa shape index (κ1) is 21.3. The Bertz CT molecular complexity index is 1050. The number of anilines is 1. The van der Waals surface area contributed by atoms with Gasteiger partial charge in [0.15, 0.2) is 6.10 Å². The smallest absolute Gasteiger partial charge is 0.338 e. The van der Waals surface area contributed by atoms with E-state index < -0.39 is 18.0 Å². The maximum absolute atomic E-state index is 12.5. The second-order valence-corrected chi connectivity index (χ2v) is 6.76. The fraction of sp³-hybridized carbons (Fsp3) is 0.250. The van der Waals surface area contributed by atoms with E-state index in [9.17, 15) is 9.59 Å². The Morgan fingerprint density at radius 1 is 1.00 bits per heavy atom. The summed E-state index contributed by atoms with van der Waals surface area (Å²) in [5, 5.41) is 4.89. The molecule has 3 aromatic rings. The second-order valence-electron chi connectivity index (χ2n) is 6.76. The molecule has 0 radical (unpaired) electrons. The minimum atomic E-state index is -0.957. The van der Waals surface area contributed by atoms with Crippen molar-refractivity contribution < 1.29 is 23.8 Å². The Balaban J connectivity index is 1.66. The average Bonchev–Trinajstić information content (AvgIpc) is 2.77. The van der Waals surface area contributed by atoms with Crippen molar-refractivity contribution >= 4 is 28.3 Å². The van der Waals surface area contributed by atoms with E-state index in [2.05, 4.69) is 5.32 Å². The molecule has 6 nitrogen and oxygen atoms in total. The fourth-order valence-corrected chi connectivity index (χ4v) is 3.02. The van der Waals surface area contributed by atoms with E-state index in [0.717, 1.165) is 16.3 Å². The maximum atomic E-state index is 12.5. The Morgan fingerprint density at radius 2 is 1.77 bits per heavy atom. The second kappa shape index (κ2) is 9.89. The number of methoxy groups -OCH3 is 1. The number of rotatable bonds is 8. The van der Waals surface area contributed by atoms with Crippen LogP contribution in [-0.4, -0.2) is 31.7 Å². The van der Waals surface area contributed by atoms with Crippen LogP contribution in [0, 0.1) is 0 Å². The van der Waals surface area contributed by atoms with Gasteiger partial charge in [-0.1, -0.05) is 30.3 Å². The van der Waals surface area contributed by atoms with Gasteiger partial charge in [0.05, 0.1) is 19.3 Å². The normalized spacial score (nSPS) is 11.7. The van der Waals surface area contributed by atoms with Crippen molar-refractivity contribution in [1.29, 1.82) is 0 Å². The average molecular weight is 407 g/mol. The lowest BCUT2D eigenvalue weighted by Gasteiger charge is -2.15. The molecule has 3 rings (SSSR count). The predicted octanol–water partition coefficient (Wildman–Crippen LogP) is 4.57. The summed E-state index contributed by atoms with van der Waals surface area (Å²) in [5.41, 5.74) is 1.71. The number of hydrogen-bond donors (Lipinski definition) is 1. The van der Waals surface area contributed by atoms with Crippen LogP contribution < -0.4 is 10.1 Å². The molecule has 0 heterocycles. The maximum Gasteiger partial charge on any atom is 0.338 e. The Hall–Kier alpha value is -3.38. The van der Waals surface area contributed by atoms with Crippen molar-refractivity contribution in [3.63, 3.8) is 0 Å². The number of ether oxygens (including phenoxy) is 3. The predicted molar refractivity (Wildman–Crippen MR) is 116 cm³/mol. The number of hydrogen-bond acceptors (Lipinski definition) is 5. The number of carbonyl (C=O) groups excluding carboxylic acids is 2. The zero-order valence-electron chi connectivity index (χ0n) is 17.3. The number of amides is 1. The molecule has 1 atom stereocenters. The first-order valence-corrected chi connectivity index (χ1v) is 9.77. The van der Waals surface area contributed by atoms with E-state index in [4.69, 9.17) is 14.2 Å². The number of carbonyl (C=O) groups is 2. The molecule has 30 heavy (non-hydrogen) atoms. The lowest BCUT2D eigenvalue weighted by atomic mass is 10.1. The fourth-order valence-electron chi connectivity index (χ4n) is 3.02. The van der Waals surface area contributed by atoms with Crippen molar-refractivity contribution in [1.82, 2.24) is 0 Å². The molecule has 1 N–H and O–H groups in total. The molecule has 0 saturated carbocycles. The number of esters is 1. The van der Waals surface area contributed by atoms with Gasteiger partial charge in [0.2, 0.25) is 0 Å². The summed E-state index contributed by atoms with van der Waals surface area (Å²) in [4.78, 5) is 25.0. The van der Waals surface area contributed by atoms with Gasteiger partial charge in [-0.15, -0.1) is 0 Å². The van der Waals surface area contributed by atoms with E-state index in [1.807, 2.05) is 49.4 Å². The molecule has 1 amide bonds. The van der Waals surface area contributed by atoms with E-state index in [0.29, 0.717) is 30.2 Å². The standard InChI is InChI=1S/C24H25NO5/c1-4-29-15-20-13-19(10-12-22(20)28-3)24(27)30-16(2)23(26)25-21-11-9-17-7-5-6-8-18(17)14-21/h5-14,16H,4,15H2,1-3H3,(H,25,26)/t16-/m1/s1. The van der Waals surface area contributed by atoms with Crippen molar-refractivity contribution in [2.75, 3.05) is 19.0 Å². The number of benzene rings is 3. The van der Waals surface area contributed by atoms with Gasteiger partial charge in [-0.3, -0.25) is 4.79 Å². The van der Waals surface area contributed by atoms with E-state index >= 15 is 0 Å². The lowest BCUT2D eigenvalue weighted by Crippen LogP contribution is -2.30. The van der Waals surface area contributed by atoms with Crippen molar-refractivity contribution in [2.45, 2.75) is 26.6 Å². The van der Waals surface area contributed by atoms with Crippen LogP contribution >= 0.6 is 0 Å². The minimum absolute atomic E-state index is 0.318.